The van der Waals surface area contributed by atoms with Crippen molar-refractivity contribution in [2.24, 2.45) is 0 Å². The van der Waals surface area contributed by atoms with Crippen LogP contribution in [-0.2, 0) is 9.53 Å². The first-order valence-corrected chi connectivity index (χ1v) is 6.47. The summed E-state index contributed by atoms with van der Waals surface area (Å²) in [6, 6.07) is 0. The molecule has 0 radical (unpaired) electrons. The normalized spacial score (nSPS) is 11.3. The van der Waals surface area contributed by atoms with E-state index in [1.54, 1.807) is 0 Å². The van der Waals surface area contributed by atoms with Crippen LogP contribution >= 0.6 is 46.4 Å². The molecule has 0 unspecified atom stereocenters. The fraction of sp³-hybridized carbons (Fsp3) is 0.364. The van der Waals surface area contributed by atoms with Crippen LogP contribution in [0.1, 0.15) is 13.8 Å². The summed E-state index contributed by atoms with van der Waals surface area (Å²) in [6.07, 6.45) is 0. The van der Waals surface area contributed by atoms with Crippen LogP contribution in [0.3, 0.4) is 0 Å². The highest BCUT2D eigenvalue weighted by Crippen LogP contribution is 2.50. The maximum atomic E-state index is 11.5. The van der Waals surface area contributed by atoms with Crippen molar-refractivity contribution in [1.82, 2.24) is 0 Å². The molecule has 0 spiro atoms. The average molecular weight is 348 g/mol. The van der Waals surface area contributed by atoms with Crippen LogP contribution in [0.15, 0.2) is 0 Å². The second-order valence-corrected chi connectivity index (χ2v) is 5.55. The third kappa shape index (κ3) is 3.14. The average Bonchev–Trinajstić information content (AvgIpc) is 2.38. The van der Waals surface area contributed by atoms with Crippen LogP contribution in [0.4, 0.5) is 0 Å². The highest BCUT2D eigenvalue weighted by atomic mass is 35.5. The summed E-state index contributed by atoms with van der Waals surface area (Å²) in [5.74, 6) is -1.20. The fourth-order valence-corrected chi connectivity index (χ4v) is 2.13. The van der Waals surface area contributed by atoms with Crippen LogP contribution in [-0.4, -0.2) is 23.8 Å². The number of methoxy groups -OCH3 is 1. The lowest BCUT2D eigenvalue weighted by atomic mass is 10.1. The van der Waals surface area contributed by atoms with Crippen LogP contribution in [0, 0.1) is 0 Å². The van der Waals surface area contributed by atoms with Gasteiger partial charge in [0.15, 0.2) is 17.1 Å². The van der Waals surface area contributed by atoms with E-state index in [4.69, 9.17) is 51.1 Å². The smallest absolute Gasteiger partial charge is 0.349 e. The van der Waals surface area contributed by atoms with Crippen LogP contribution in [0.2, 0.25) is 20.1 Å². The molecule has 8 heteroatoms. The van der Waals surface area contributed by atoms with Crippen LogP contribution in [0.5, 0.6) is 11.5 Å². The van der Waals surface area contributed by atoms with Crippen molar-refractivity contribution in [3.63, 3.8) is 0 Å². The molecule has 19 heavy (non-hydrogen) atoms. The number of hydrogen-bond acceptors (Lipinski definition) is 4. The standard InChI is InChI=1S/C11H10Cl4O4/c1-11(2,10(17)18-3)19-9-6(14)4(12)8(16)5(13)7(9)15/h16H,1-3H3. The molecule has 0 aromatic heterocycles. The summed E-state index contributed by atoms with van der Waals surface area (Å²) in [5, 5.41) is 8.84. The van der Waals surface area contributed by atoms with Crippen LogP contribution < -0.4 is 4.74 Å². The van der Waals surface area contributed by atoms with E-state index in [1.165, 1.54) is 21.0 Å². The van der Waals surface area contributed by atoms with Crippen molar-refractivity contribution in [3.05, 3.63) is 20.1 Å². The number of carbonyl (C=O) groups is 1. The zero-order valence-electron chi connectivity index (χ0n) is 10.2. The first-order chi connectivity index (χ1) is 8.63. The van der Waals surface area contributed by atoms with Gasteiger partial charge in [0, 0.05) is 0 Å². The number of benzene rings is 1. The minimum Gasteiger partial charge on any atom is -0.505 e. The number of esters is 1. The highest BCUT2D eigenvalue weighted by Gasteiger charge is 2.34. The Hall–Kier alpha value is -0.550. The molecule has 0 aliphatic carbocycles. The number of halogens is 4. The molecule has 1 rings (SSSR count). The molecule has 1 aromatic carbocycles. The molecular formula is C11H10Cl4O4. The van der Waals surface area contributed by atoms with Gasteiger partial charge in [-0.25, -0.2) is 4.79 Å². The molecule has 0 saturated heterocycles. The minimum absolute atomic E-state index is 0.105. The molecule has 106 valence electrons. The molecule has 0 bridgehead atoms. The van der Waals surface area contributed by atoms with E-state index in [0.717, 1.165) is 0 Å². The highest BCUT2D eigenvalue weighted by molar-refractivity contribution is 6.50. The summed E-state index contributed by atoms with van der Waals surface area (Å²) in [4.78, 5) is 11.5. The zero-order chi connectivity index (χ0) is 15.0. The lowest BCUT2D eigenvalue weighted by Crippen LogP contribution is -2.39. The molecule has 0 aliphatic heterocycles. The van der Waals surface area contributed by atoms with Crippen molar-refractivity contribution in [3.8, 4) is 11.5 Å². The molecule has 1 aromatic rings. The predicted molar refractivity (Wildman–Crippen MR) is 74.9 cm³/mol. The third-order valence-electron chi connectivity index (χ3n) is 2.23. The van der Waals surface area contributed by atoms with E-state index in [9.17, 15) is 9.90 Å². The Morgan fingerprint density at radius 1 is 1.05 bits per heavy atom. The first-order valence-electron chi connectivity index (χ1n) is 4.95. The monoisotopic (exact) mass is 346 g/mol. The van der Waals surface area contributed by atoms with Crippen LogP contribution in [0.25, 0.3) is 0 Å². The van der Waals surface area contributed by atoms with E-state index in [-0.39, 0.29) is 25.8 Å². The summed E-state index contributed by atoms with van der Waals surface area (Å²) in [5.41, 5.74) is -1.36. The Bertz CT molecular complexity index is 499. The minimum atomic E-state index is -1.36. The number of carbonyl (C=O) groups excluding carboxylic acids is 1. The second-order valence-electron chi connectivity index (χ2n) is 4.04. The molecule has 0 amide bonds. The largest absolute Gasteiger partial charge is 0.505 e. The van der Waals surface area contributed by atoms with Gasteiger partial charge in [0.1, 0.15) is 20.1 Å². The van der Waals surface area contributed by atoms with Gasteiger partial charge in [-0.05, 0) is 13.8 Å². The van der Waals surface area contributed by atoms with Crippen molar-refractivity contribution in [2.75, 3.05) is 7.11 Å². The zero-order valence-corrected chi connectivity index (χ0v) is 13.2. The number of rotatable bonds is 3. The Morgan fingerprint density at radius 3 is 1.84 bits per heavy atom. The molecular weight excluding hydrogens is 338 g/mol. The van der Waals surface area contributed by atoms with Gasteiger partial charge in [-0.1, -0.05) is 46.4 Å². The topological polar surface area (TPSA) is 55.8 Å². The maximum Gasteiger partial charge on any atom is 0.349 e. The molecule has 0 fully saturated rings. The SMILES string of the molecule is COC(=O)C(C)(C)Oc1c(Cl)c(Cl)c(O)c(Cl)c1Cl. The predicted octanol–water partition coefficient (Wildman–Crippen LogP) is 4.34. The number of aromatic hydroxyl groups is 1. The van der Waals surface area contributed by atoms with Gasteiger partial charge >= 0.3 is 5.97 Å². The van der Waals surface area contributed by atoms with Gasteiger partial charge in [-0.3, -0.25) is 0 Å². The van der Waals surface area contributed by atoms with E-state index >= 15 is 0 Å². The fourth-order valence-electron chi connectivity index (χ4n) is 1.23. The maximum absolute atomic E-state index is 11.5. The van der Waals surface area contributed by atoms with Crippen molar-refractivity contribution in [1.29, 1.82) is 0 Å². The Morgan fingerprint density at radius 2 is 1.47 bits per heavy atom. The number of hydrogen-bond donors (Lipinski definition) is 1. The van der Waals surface area contributed by atoms with Gasteiger partial charge < -0.3 is 14.6 Å². The molecule has 1 N–H and O–H groups in total. The van der Waals surface area contributed by atoms with Gasteiger partial charge in [-0.2, -0.15) is 0 Å². The van der Waals surface area contributed by atoms with E-state index in [0.29, 0.717) is 0 Å². The second kappa shape index (κ2) is 5.83. The summed E-state index contributed by atoms with van der Waals surface area (Å²) in [6.45, 7) is 2.92. The van der Waals surface area contributed by atoms with Gasteiger partial charge in [-0.15, -0.1) is 0 Å². The summed E-state index contributed by atoms with van der Waals surface area (Å²) < 4.78 is 10.0. The summed E-state index contributed by atoms with van der Waals surface area (Å²) in [7, 11) is 1.22. The Labute approximate surface area is 130 Å². The molecule has 4 nitrogen and oxygen atoms in total. The van der Waals surface area contributed by atoms with Crippen molar-refractivity contribution >= 4 is 52.4 Å². The Balaban J connectivity index is 3.34. The van der Waals surface area contributed by atoms with E-state index < -0.39 is 17.3 Å². The van der Waals surface area contributed by atoms with E-state index in [2.05, 4.69) is 4.74 Å². The number of phenolic OH excluding ortho intramolecular Hbond substituents is 1. The molecule has 0 aliphatic rings. The number of ether oxygens (including phenoxy) is 2. The molecule has 0 atom stereocenters. The summed E-state index contributed by atoms with van der Waals surface area (Å²) >= 11 is 23.4. The Kier molecular flexibility index (Phi) is 5.07. The number of phenols is 1. The molecule has 0 saturated carbocycles. The first kappa shape index (κ1) is 16.5. The third-order valence-corrected chi connectivity index (χ3v) is 3.88. The van der Waals surface area contributed by atoms with Gasteiger partial charge in [0.05, 0.1) is 7.11 Å². The van der Waals surface area contributed by atoms with E-state index in [1.807, 2.05) is 0 Å². The molecule has 0 heterocycles. The quantitative estimate of drug-likeness (QED) is 0.652. The van der Waals surface area contributed by atoms with Crippen molar-refractivity contribution < 1.29 is 19.4 Å². The van der Waals surface area contributed by atoms with Gasteiger partial charge in [0.2, 0.25) is 0 Å². The van der Waals surface area contributed by atoms with Gasteiger partial charge in [0.25, 0.3) is 0 Å². The van der Waals surface area contributed by atoms with Crippen molar-refractivity contribution in [2.45, 2.75) is 19.4 Å². The lowest BCUT2D eigenvalue weighted by Gasteiger charge is -2.25. The lowest BCUT2D eigenvalue weighted by molar-refractivity contribution is -0.156.